The Balaban J connectivity index is 2.82. The van der Waals surface area contributed by atoms with Crippen molar-refractivity contribution in [2.24, 2.45) is 12.8 Å². The molecule has 2 heteroatoms. The second-order valence-corrected chi connectivity index (χ2v) is 4.37. The Hall–Kier alpha value is -1.28. The van der Waals surface area contributed by atoms with Crippen molar-refractivity contribution in [1.82, 2.24) is 4.57 Å². The second-order valence-electron chi connectivity index (χ2n) is 4.37. The van der Waals surface area contributed by atoms with Crippen molar-refractivity contribution in [1.29, 1.82) is 0 Å². The zero-order valence-electron chi connectivity index (χ0n) is 9.62. The van der Waals surface area contributed by atoms with Gasteiger partial charge in [-0.05, 0) is 23.1 Å². The largest absolute Gasteiger partial charge is 0.350 e. The van der Waals surface area contributed by atoms with Gasteiger partial charge in [-0.2, -0.15) is 0 Å². The van der Waals surface area contributed by atoms with E-state index in [-0.39, 0.29) is 0 Å². The van der Waals surface area contributed by atoms with Gasteiger partial charge in [-0.15, -0.1) is 0 Å². The lowest BCUT2D eigenvalue weighted by molar-refractivity contribution is 0.874. The van der Waals surface area contributed by atoms with Crippen LogP contribution in [0.15, 0.2) is 24.4 Å². The second kappa shape index (κ2) is 3.70. The Kier molecular flexibility index (Phi) is 2.53. The molecular formula is C13H18N2. The van der Waals surface area contributed by atoms with Gasteiger partial charge in [0.15, 0.2) is 0 Å². The zero-order chi connectivity index (χ0) is 11.0. The van der Waals surface area contributed by atoms with Crippen LogP contribution in [0.1, 0.15) is 30.9 Å². The minimum Gasteiger partial charge on any atom is -0.350 e. The third-order valence-electron chi connectivity index (χ3n) is 2.97. The van der Waals surface area contributed by atoms with E-state index in [9.17, 15) is 0 Å². The highest BCUT2D eigenvalue weighted by molar-refractivity contribution is 5.87. The lowest BCUT2D eigenvalue weighted by Crippen LogP contribution is -1.97. The minimum absolute atomic E-state index is 0.543. The predicted octanol–water partition coefficient (Wildman–Crippen LogP) is 2.76. The van der Waals surface area contributed by atoms with Gasteiger partial charge in [-0.25, -0.2) is 0 Å². The molecule has 0 saturated carbocycles. The molecule has 2 aromatic rings. The van der Waals surface area contributed by atoms with Crippen molar-refractivity contribution in [3.8, 4) is 0 Å². The summed E-state index contributed by atoms with van der Waals surface area (Å²) in [6.45, 7) is 5.06. The third-order valence-corrected chi connectivity index (χ3v) is 2.97. The van der Waals surface area contributed by atoms with Gasteiger partial charge in [-0.3, -0.25) is 0 Å². The van der Waals surface area contributed by atoms with E-state index in [2.05, 4.69) is 49.9 Å². The molecule has 0 saturated heterocycles. The molecule has 0 spiro atoms. The molecule has 2 rings (SSSR count). The molecule has 0 aliphatic carbocycles. The summed E-state index contributed by atoms with van der Waals surface area (Å²) in [5, 5.41) is 1.34. The lowest BCUT2D eigenvalue weighted by Gasteiger charge is -2.08. The van der Waals surface area contributed by atoms with E-state index in [4.69, 9.17) is 5.73 Å². The first-order valence-electron chi connectivity index (χ1n) is 5.42. The molecule has 0 aliphatic heterocycles. The molecule has 2 N–H and O–H groups in total. The van der Waals surface area contributed by atoms with E-state index in [1.54, 1.807) is 0 Å². The number of aryl methyl sites for hydroxylation is 1. The molecule has 1 aromatic carbocycles. The first kappa shape index (κ1) is 10.2. The van der Waals surface area contributed by atoms with Crippen LogP contribution >= 0.6 is 0 Å². The smallest absolute Gasteiger partial charge is 0.0483 e. The maximum absolute atomic E-state index is 5.78. The number of nitrogens with zero attached hydrogens (tertiary/aromatic N) is 1. The van der Waals surface area contributed by atoms with Crippen LogP contribution in [-0.2, 0) is 13.6 Å². The van der Waals surface area contributed by atoms with E-state index in [1.165, 1.54) is 22.0 Å². The van der Waals surface area contributed by atoms with Crippen LogP contribution < -0.4 is 5.73 Å². The van der Waals surface area contributed by atoms with Crippen molar-refractivity contribution in [3.05, 3.63) is 35.5 Å². The minimum atomic E-state index is 0.543. The van der Waals surface area contributed by atoms with Crippen molar-refractivity contribution >= 4 is 10.9 Å². The molecule has 0 atom stereocenters. The van der Waals surface area contributed by atoms with Gasteiger partial charge in [0.25, 0.3) is 0 Å². The molecule has 0 aliphatic rings. The fourth-order valence-corrected chi connectivity index (χ4v) is 2.21. The molecule has 1 heterocycles. The van der Waals surface area contributed by atoms with Crippen LogP contribution in [0, 0.1) is 0 Å². The number of hydrogen-bond acceptors (Lipinski definition) is 1. The number of aromatic nitrogens is 1. The van der Waals surface area contributed by atoms with Gasteiger partial charge in [0.2, 0.25) is 0 Å². The quantitative estimate of drug-likeness (QED) is 0.797. The summed E-state index contributed by atoms with van der Waals surface area (Å²) >= 11 is 0. The Morgan fingerprint density at radius 3 is 2.67 bits per heavy atom. The van der Waals surface area contributed by atoms with Gasteiger partial charge in [-0.1, -0.05) is 26.0 Å². The molecule has 0 bridgehead atoms. The number of fused-ring (bicyclic) bond motifs is 1. The summed E-state index contributed by atoms with van der Waals surface area (Å²) < 4.78 is 2.16. The maximum atomic E-state index is 5.78. The van der Waals surface area contributed by atoms with Crippen LogP contribution in [0.4, 0.5) is 0 Å². The first-order chi connectivity index (χ1) is 7.15. The summed E-state index contributed by atoms with van der Waals surface area (Å²) in [4.78, 5) is 0. The molecule has 0 amide bonds. The fourth-order valence-electron chi connectivity index (χ4n) is 2.21. The SMILES string of the molecule is CC(C)c1cccc2c1c(CN)cn2C. The third kappa shape index (κ3) is 1.55. The highest BCUT2D eigenvalue weighted by atomic mass is 14.9. The first-order valence-corrected chi connectivity index (χ1v) is 5.42. The van der Waals surface area contributed by atoms with E-state index in [1.807, 2.05) is 0 Å². The zero-order valence-corrected chi connectivity index (χ0v) is 9.62. The Labute approximate surface area is 90.7 Å². The average Bonchev–Trinajstić information content (AvgIpc) is 2.55. The van der Waals surface area contributed by atoms with Crippen LogP contribution in [-0.4, -0.2) is 4.57 Å². The number of rotatable bonds is 2. The van der Waals surface area contributed by atoms with Crippen molar-refractivity contribution < 1.29 is 0 Å². The van der Waals surface area contributed by atoms with E-state index >= 15 is 0 Å². The summed E-state index contributed by atoms with van der Waals surface area (Å²) in [5.74, 6) is 0.543. The van der Waals surface area contributed by atoms with Crippen molar-refractivity contribution in [2.75, 3.05) is 0 Å². The topological polar surface area (TPSA) is 30.9 Å². The molecule has 0 radical (unpaired) electrons. The van der Waals surface area contributed by atoms with Crippen LogP contribution in [0.2, 0.25) is 0 Å². The highest BCUT2D eigenvalue weighted by Gasteiger charge is 2.11. The summed E-state index contributed by atoms with van der Waals surface area (Å²) in [5.41, 5.74) is 9.71. The molecular weight excluding hydrogens is 184 g/mol. The summed E-state index contributed by atoms with van der Waals surface area (Å²) in [6.07, 6.45) is 2.14. The molecule has 0 fully saturated rings. The molecule has 1 aromatic heterocycles. The van der Waals surface area contributed by atoms with Gasteiger partial charge in [0, 0.05) is 30.7 Å². The van der Waals surface area contributed by atoms with E-state index in [0.717, 1.165) is 0 Å². The number of hydrogen-bond donors (Lipinski definition) is 1. The van der Waals surface area contributed by atoms with Crippen LogP contribution in [0.5, 0.6) is 0 Å². The monoisotopic (exact) mass is 202 g/mol. The van der Waals surface area contributed by atoms with Crippen LogP contribution in [0.25, 0.3) is 10.9 Å². The van der Waals surface area contributed by atoms with Gasteiger partial charge < -0.3 is 10.3 Å². The number of nitrogens with two attached hydrogens (primary N) is 1. The highest BCUT2D eigenvalue weighted by Crippen LogP contribution is 2.29. The fraction of sp³-hybridized carbons (Fsp3) is 0.385. The standard InChI is InChI=1S/C13H18N2/c1-9(2)11-5-4-6-12-13(11)10(7-14)8-15(12)3/h4-6,8-9H,7,14H2,1-3H3. The van der Waals surface area contributed by atoms with Crippen molar-refractivity contribution in [2.45, 2.75) is 26.3 Å². The van der Waals surface area contributed by atoms with Crippen molar-refractivity contribution in [3.63, 3.8) is 0 Å². The van der Waals surface area contributed by atoms with E-state index < -0.39 is 0 Å². The normalized spacial score (nSPS) is 11.5. The summed E-state index contributed by atoms with van der Waals surface area (Å²) in [6, 6.07) is 6.48. The van der Waals surface area contributed by atoms with E-state index in [0.29, 0.717) is 12.5 Å². The Morgan fingerprint density at radius 1 is 1.33 bits per heavy atom. The molecule has 2 nitrogen and oxygen atoms in total. The van der Waals surface area contributed by atoms with Gasteiger partial charge >= 0.3 is 0 Å². The summed E-state index contributed by atoms with van der Waals surface area (Å²) in [7, 11) is 2.08. The Morgan fingerprint density at radius 2 is 2.07 bits per heavy atom. The Bertz CT molecular complexity index is 480. The molecule has 0 unspecified atom stereocenters. The maximum Gasteiger partial charge on any atom is 0.0483 e. The predicted molar refractivity (Wildman–Crippen MR) is 64.9 cm³/mol. The average molecular weight is 202 g/mol. The van der Waals surface area contributed by atoms with Gasteiger partial charge in [0.1, 0.15) is 0 Å². The van der Waals surface area contributed by atoms with Gasteiger partial charge in [0.05, 0.1) is 0 Å². The van der Waals surface area contributed by atoms with Crippen LogP contribution in [0.3, 0.4) is 0 Å². The molecule has 15 heavy (non-hydrogen) atoms. The molecule has 80 valence electrons. The number of benzene rings is 1. The lowest BCUT2D eigenvalue weighted by atomic mass is 9.97.